The number of halogens is 1. The summed E-state index contributed by atoms with van der Waals surface area (Å²) in [5.41, 5.74) is 1.04. The van der Waals surface area contributed by atoms with Gasteiger partial charge in [0, 0.05) is 31.1 Å². The number of morpholine rings is 1. The zero-order chi connectivity index (χ0) is 14.5. The minimum absolute atomic E-state index is 0.00486. The molecule has 0 radical (unpaired) electrons. The Morgan fingerprint density at radius 2 is 2.30 bits per heavy atom. The van der Waals surface area contributed by atoms with Crippen LogP contribution in [0, 0.1) is 12.7 Å². The molecule has 1 heterocycles. The van der Waals surface area contributed by atoms with E-state index >= 15 is 0 Å². The molecule has 0 spiro atoms. The molecule has 0 aliphatic carbocycles. The second kappa shape index (κ2) is 6.95. The average molecular weight is 279 g/mol. The van der Waals surface area contributed by atoms with Crippen molar-refractivity contribution in [2.45, 2.75) is 32.7 Å². The topological polar surface area (TPSA) is 29.5 Å². The summed E-state index contributed by atoms with van der Waals surface area (Å²) in [6.07, 6.45) is 1.45. The molecule has 20 heavy (non-hydrogen) atoms. The van der Waals surface area contributed by atoms with Crippen molar-refractivity contribution in [3.05, 3.63) is 35.1 Å². The van der Waals surface area contributed by atoms with Gasteiger partial charge in [-0.15, -0.1) is 0 Å². The zero-order valence-electron chi connectivity index (χ0n) is 12.2. The number of nitrogens with zero attached hydrogens (tertiary/aromatic N) is 1. The van der Waals surface area contributed by atoms with Crippen LogP contribution in [0.3, 0.4) is 0 Å². The Balaban J connectivity index is 1.92. The van der Waals surface area contributed by atoms with E-state index in [2.05, 4.69) is 11.8 Å². The van der Waals surface area contributed by atoms with Gasteiger partial charge < -0.3 is 4.74 Å². The number of ether oxygens (including phenoxy) is 1. The van der Waals surface area contributed by atoms with E-state index in [-0.39, 0.29) is 11.6 Å². The first kappa shape index (κ1) is 15.1. The van der Waals surface area contributed by atoms with Crippen molar-refractivity contribution < 1.29 is 13.9 Å². The lowest BCUT2D eigenvalue weighted by molar-refractivity contribution is -0.00839. The number of Topliss-reactive ketones (excluding diaryl/α,β-unsaturated/α-hetero) is 1. The van der Waals surface area contributed by atoms with Crippen molar-refractivity contribution in [1.82, 2.24) is 4.90 Å². The van der Waals surface area contributed by atoms with E-state index in [1.807, 2.05) is 0 Å². The number of benzene rings is 1. The number of carbonyl (C=O) groups is 1. The van der Waals surface area contributed by atoms with Crippen molar-refractivity contribution in [2.24, 2.45) is 0 Å². The number of carbonyl (C=O) groups excluding carboxylic acids is 1. The van der Waals surface area contributed by atoms with Gasteiger partial charge in [0.05, 0.1) is 13.2 Å². The third-order valence-corrected chi connectivity index (χ3v) is 3.94. The third kappa shape index (κ3) is 3.64. The van der Waals surface area contributed by atoms with E-state index in [1.165, 1.54) is 6.07 Å². The molecule has 1 aliphatic heterocycles. The van der Waals surface area contributed by atoms with Crippen molar-refractivity contribution in [3.8, 4) is 0 Å². The smallest absolute Gasteiger partial charge is 0.164 e. The monoisotopic (exact) mass is 279 g/mol. The fraction of sp³-hybridized carbons (Fsp3) is 0.562. The van der Waals surface area contributed by atoms with Crippen LogP contribution in [0.25, 0.3) is 0 Å². The Morgan fingerprint density at radius 3 is 3.00 bits per heavy atom. The summed E-state index contributed by atoms with van der Waals surface area (Å²) >= 11 is 0. The van der Waals surface area contributed by atoms with E-state index in [0.29, 0.717) is 23.6 Å². The molecular weight excluding hydrogens is 257 g/mol. The lowest BCUT2D eigenvalue weighted by atomic mass is 10.0. The molecule has 0 amide bonds. The summed E-state index contributed by atoms with van der Waals surface area (Å²) in [5.74, 6) is -0.307. The zero-order valence-corrected chi connectivity index (χ0v) is 12.2. The van der Waals surface area contributed by atoms with Gasteiger partial charge in [-0.25, -0.2) is 4.39 Å². The van der Waals surface area contributed by atoms with Gasteiger partial charge in [0.15, 0.2) is 5.78 Å². The van der Waals surface area contributed by atoms with Gasteiger partial charge in [-0.05, 0) is 25.0 Å². The molecule has 1 aromatic rings. The summed E-state index contributed by atoms with van der Waals surface area (Å²) in [5, 5.41) is 0. The molecule has 2 rings (SSSR count). The summed E-state index contributed by atoms with van der Waals surface area (Å²) < 4.78 is 18.9. The SMILES string of the molecule is CCC1COCCN1CCC(=O)c1ccc(C)c(F)c1. The van der Waals surface area contributed by atoms with Crippen LogP contribution in [0.15, 0.2) is 18.2 Å². The van der Waals surface area contributed by atoms with Crippen LogP contribution in [-0.2, 0) is 4.74 Å². The first-order valence-corrected chi connectivity index (χ1v) is 7.23. The Morgan fingerprint density at radius 1 is 1.50 bits per heavy atom. The molecule has 1 aliphatic rings. The molecule has 0 bridgehead atoms. The van der Waals surface area contributed by atoms with Gasteiger partial charge in [-0.1, -0.05) is 19.1 Å². The van der Waals surface area contributed by atoms with Gasteiger partial charge in [0.2, 0.25) is 0 Å². The molecule has 1 unspecified atom stereocenters. The molecule has 0 aromatic heterocycles. The molecule has 1 atom stereocenters. The Hall–Kier alpha value is -1.26. The van der Waals surface area contributed by atoms with Gasteiger partial charge in [-0.3, -0.25) is 9.69 Å². The van der Waals surface area contributed by atoms with Crippen LogP contribution in [0.1, 0.15) is 35.7 Å². The maximum Gasteiger partial charge on any atom is 0.164 e. The highest BCUT2D eigenvalue weighted by atomic mass is 19.1. The quantitative estimate of drug-likeness (QED) is 0.776. The van der Waals surface area contributed by atoms with Crippen LogP contribution >= 0.6 is 0 Å². The minimum Gasteiger partial charge on any atom is -0.378 e. The molecule has 3 nitrogen and oxygen atoms in total. The van der Waals surface area contributed by atoms with Gasteiger partial charge >= 0.3 is 0 Å². The van der Waals surface area contributed by atoms with E-state index < -0.39 is 0 Å². The standard InChI is InChI=1S/C16H22FNO2/c1-3-14-11-20-9-8-18(14)7-6-16(19)13-5-4-12(2)15(17)10-13/h4-5,10,14H,3,6-9,11H2,1-2H3. The molecule has 4 heteroatoms. The predicted molar refractivity (Wildman–Crippen MR) is 76.6 cm³/mol. The number of rotatable bonds is 5. The van der Waals surface area contributed by atoms with Crippen molar-refractivity contribution in [2.75, 3.05) is 26.3 Å². The number of hydrogen-bond donors (Lipinski definition) is 0. The highest BCUT2D eigenvalue weighted by Gasteiger charge is 2.21. The second-order valence-corrected chi connectivity index (χ2v) is 5.31. The molecular formula is C16H22FNO2. The first-order chi connectivity index (χ1) is 9.61. The van der Waals surface area contributed by atoms with Crippen molar-refractivity contribution in [3.63, 3.8) is 0 Å². The minimum atomic E-state index is -0.311. The molecule has 0 saturated carbocycles. The van der Waals surface area contributed by atoms with E-state index in [9.17, 15) is 9.18 Å². The van der Waals surface area contributed by atoms with Crippen molar-refractivity contribution >= 4 is 5.78 Å². The fourth-order valence-electron chi connectivity index (χ4n) is 2.52. The first-order valence-electron chi connectivity index (χ1n) is 7.23. The largest absolute Gasteiger partial charge is 0.378 e. The summed E-state index contributed by atoms with van der Waals surface area (Å²) in [7, 11) is 0. The fourth-order valence-corrected chi connectivity index (χ4v) is 2.52. The van der Waals surface area contributed by atoms with E-state index in [1.54, 1.807) is 19.1 Å². The van der Waals surface area contributed by atoms with Crippen LogP contribution in [0.2, 0.25) is 0 Å². The van der Waals surface area contributed by atoms with E-state index in [0.717, 1.165) is 32.7 Å². The van der Waals surface area contributed by atoms with Gasteiger partial charge in [0.25, 0.3) is 0 Å². The summed E-state index contributed by atoms with van der Waals surface area (Å²) in [6, 6.07) is 5.10. The lowest BCUT2D eigenvalue weighted by Gasteiger charge is -2.34. The highest BCUT2D eigenvalue weighted by molar-refractivity contribution is 5.96. The van der Waals surface area contributed by atoms with Gasteiger partial charge in [0.1, 0.15) is 5.82 Å². The molecule has 1 saturated heterocycles. The number of aryl methyl sites for hydroxylation is 1. The Kier molecular flexibility index (Phi) is 5.26. The van der Waals surface area contributed by atoms with Crippen molar-refractivity contribution in [1.29, 1.82) is 0 Å². The average Bonchev–Trinajstić information content (AvgIpc) is 2.47. The van der Waals surface area contributed by atoms with E-state index in [4.69, 9.17) is 4.74 Å². The van der Waals surface area contributed by atoms with Gasteiger partial charge in [-0.2, -0.15) is 0 Å². The maximum atomic E-state index is 13.5. The highest BCUT2D eigenvalue weighted by Crippen LogP contribution is 2.14. The number of ketones is 1. The normalized spacial score (nSPS) is 20.1. The number of hydrogen-bond acceptors (Lipinski definition) is 3. The predicted octanol–water partition coefficient (Wildman–Crippen LogP) is 2.82. The van der Waals surface area contributed by atoms with Crippen LogP contribution < -0.4 is 0 Å². The molecule has 1 fully saturated rings. The summed E-state index contributed by atoms with van der Waals surface area (Å²) in [4.78, 5) is 14.4. The van der Waals surface area contributed by atoms with Crippen LogP contribution in [0.4, 0.5) is 4.39 Å². The summed E-state index contributed by atoms with van der Waals surface area (Å²) in [6.45, 7) is 6.88. The maximum absolute atomic E-state index is 13.5. The lowest BCUT2D eigenvalue weighted by Crippen LogP contribution is -2.45. The molecule has 1 aromatic carbocycles. The third-order valence-electron chi connectivity index (χ3n) is 3.94. The van der Waals surface area contributed by atoms with Crippen LogP contribution in [0.5, 0.6) is 0 Å². The molecule has 110 valence electrons. The molecule has 0 N–H and O–H groups in total. The Labute approximate surface area is 119 Å². The van der Waals surface area contributed by atoms with Crippen LogP contribution in [-0.4, -0.2) is 43.0 Å². The Bertz CT molecular complexity index is 476. The second-order valence-electron chi connectivity index (χ2n) is 5.31.